The predicted molar refractivity (Wildman–Crippen MR) is 173 cm³/mol. The maximum absolute atomic E-state index is 13.2. The highest BCUT2D eigenvalue weighted by Crippen LogP contribution is 2.46. The molecule has 0 amide bonds. The summed E-state index contributed by atoms with van der Waals surface area (Å²) in [6, 6.07) is 17.7. The van der Waals surface area contributed by atoms with Gasteiger partial charge in [0, 0.05) is 12.6 Å². The van der Waals surface area contributed by atoms with Gasteiger partial charge in [-0.25, -0.2) is 0 Å². The molecule has 4 aromatic rings. The number of methoxy groups -OCH3 is 6. The molecule has 2 atom stereocenters. The zero-order chi connectivity index (χ0) is 33.7. The molecule has 0 bridgehead atoms. The molecule has 0 unspecified atom stereocenters. The van der Waals surface area contributed by atoms with E-state index in [4.69, 9.17) is 32.8 Å². The van der Waals surface area contributed by atoms with Crippen LogP contribution in [0.5, 0.6) is 34.5 Å². The Balaban J connectivity index is 1.65. The van der Waals surface area contributed by atoms with Gasteiger partial charge < -0.3 is 37.9 Å². The minimum atomic E-state index is -0.749. The molecule has 1 aliphatic heterocycles. The summed E-state index contributed by atoms with van der Waals surface area (Å²) in [6.07, 6.45) is 0.536. The van der Waals surface area contributed by atoms with Gasteiger partial charge in [0.1, 0.15) is 5.76 Å². The quantitative estimate of drug-likeness (QED) is 0.204. The van der Waals surface area contributed by atoms with E-state index in [9.17, 15) is 14.7 Å². The van der Waals surface area contributed by atoms with Crippen molar-refractivity contribution in [3.8, 4) is 34.5 Å². The summed E-state index contributed by atoms with van der Waals surface area (Å²) in [5.41, 5.74) is 2.93. The Morgan fingerprint density at radius 1 is 0.872 bits per heavy atom. The fraction of sp³-hybridized carbons (Fsp3) is 0.333. The van der Waals surface area contributed by atoms with Gasteiger partial charge in [0.15, 0.2) is 28.8 Å². The topological polar surface area (TPSA) is 126 Å². The van der Waals surface area contributed by atoms with Crippen LogP contribution in [0, 0.1) is 0 Å². The van der Waals surface area contributed by atoms with Crippen LogP contribution in [0.3, 0.4) is 0 Å². The molecule has 0 saturated carbocycles. The molecule has 0 saturated heterocycles. The van der Waals surface area contributed by atoms with E-state index in [0.717, 1.165) is 16.7 Å². The predicted octanol–water partition coefficient (Wildman–Crippen LogP) is 5.23. The number of nitrogens with zero attached hydrogens (tertiary/aromatic N) is 1. The number of hydrogen-bond acceptors (Lipinski definition) is 11. The first-order chi connectivity index (χ1) is 22.8. The van der Waals surface area contributed by atoms with Crippen LogP contribution in [-0.4, -0.2) is 65.2 Å². The lowest BCUT2D eigenvalue weighted by atomic mass is 9.87. The number of carbonyl (C=O) groups is 1. The second-order valence-electron chi connectivity index (χ2n) is 11.0. The molecule has 5 rings (SSSR count). The lowest BCUT2D eigenvalue weighted by molar-refractivity contribution is -0.140. The number of esters is 1. The molecule has 1 N–H and O–H groups in total. The zero-order valence-electron chi connectivity index (χ0n) is 27.3. The van der Waals surface area contributed by atoms with Crippen molar-refractivity contribution in [2.24, 2.45) is 0 Å². The van der Waals surface area contributed by atoms with Crippen LogP contribution in [0.4, 0.5) is 0 Å². The molecule has 11 nitrogen and oxygen atoms in total. The first kappa shape index (κ1) is 33.2. The molecule has 248 valence electrons. The largest absolute Gasteiger partial charge is 0.502 e. The highest BCUT2D eigenvalue weighted by atomic mass is 16.5. The minimum absolute atomic E-state index is 0.00255. The van der Waals surface area contributed by atoms with Gasteiger partial charge in [-0.15, -0.1) is 0 Å². The standard InChI is InChI=1S/C36H39NO10/c1-41-28-14-22-12-13-37(33(25(22)18-29(28)42-2)23-15-30(43-3)36(46-6)31(16-23)44-4)20-24-17-27(38)34(40)35(47-24)26(19-32(39)45-5)21-10-8-7-9-11-21/h7-11,14-18,26,33,40H,12-13,19-20H2,1-6H3/t26-,33+/m1/s1. The molecule has 0 fully saturated rings. The van der Waals surface area contributed by atoms with Gasteiger partial charge in [-0.3, -0.25) is 14.5 Å². The lowest BCUT2D eigenvalue weighted by Crippen LogP contribution is -2.36. The molecular formula is C36H39NO10. The smallest absolute Gasteiger partial charge is 0.306 e. The third-order valence-electron chi connectivity index (χ3n) is 8.45. The van der Waals surface area contributed by atoms with Crippen molar-refractivity contribution in [1.82, 2.24) is 4.90 Å². The molecule has 1 aromatic heterocycles. The summed E-state index contributed by atoms with van der Waals surface area (Å²) in [4.78, 5) is 27.8. The van der Waals surface area contributed by atoms with E-state index < -0.39 is 23.1 Å². The summed E-state index contributed by atoms with van der Waals surface area (Å²) in [5.74, 6) is 1.13. The van der Waals surface area contributed by atoms with Crippen LogP contribution in [-0.2, 0) is 22.5 Å². The van der Waals surface area contributed by atoms with E-state index in [0.29, 0.717) is 53.0 Å². The van der Waals surface area contributed by atoms with Crippen molar-refractivity contribution in [1.29, 1.82) is 0 Å². The van der Waals surface area contributed by atoms with E-state index >= 15 is 0 Å². The van der Waals surface area contributed by atoms with Crippen molar-refractivity contribution in [2.45, 2.75) is 31.3 Å². The van der Waals surface area contributed by atoms with Crippen molar-refractivity contribution in [3.05, 3.63) is 105 Å². The molecule has 0 radical (unpaired) electrons. The Hall–Kier alpha value is -5.16. The van der Waals surface area contributed by atoms with E-state index in [1.165, 1.54) is 13.2 Å². The molecule has 0 spiro atoms. The van der Waals surface area contributed by atoms with Gasteiger partial charge in [-0.1, -0.05) is 30.3 Å². The fourth-order valence-corrected chi connectivity index (χ4v) is 6.18. The van der Waals surface area contributed by atoms with E-state index in [1.54, 1.807) is 35.5 Å². The second kappa shape index (κ2) is 14.5. The Kier molecular flexibility index (Phi) is 10.3. The Bertz CT molecular complexity index is 1760. The molecule has 11 heteroatoms. The number of aromatic hydroxyl groups is 1. The SMILES string of the molecule is COC(=O)C[C@H](c1ccccc1)c1oc(CN2CCc3cc(OC)c(OC)cc3[C@@H]2c2cc(OC)c(OC)c(OC)c2)cc(=O)c1O. The monoisotopic (exact) mass is 645 g/mol. The second-order valence-corrected chi connectivity index (χ2v) is 11.0. The van der Waals surface area contributed by atoms with Crippen molar-refractivity contribution in [3.63, 3.8) is 0 Å². The highest BCUT2D eigenvalue weighted by molar-refractivity contribution is 5.71. The molecular weight excluding hydrogens is 606 g/mol. The van der Waals surface area contributed by atoms with Crippen LogP contribution >= 0.6 is 0 Å². The van der Waals surface area contributed by atoms with Gasteiger partial charge in [0.25, 0.3) is 0 Å². The average Bonchev–Trinajstić information content (AvgIpc) is 3.10. The minimum Gasteiger partial charge on any atom is -0.502 e. The van der Waals surface area contributed by atoms with E-state index in [-0.39, 0.29) is 24.8 Å². The summed E-state index contributed by atoms with van der Waals surface area (Å²) >= 11 is 0. The first-order valence-electron chi connectivity index (χ1n) is 15.0. The normalized spacial score (nSPS) is 14.9. The maximum Gasteiger partial charge on any atom is 0.306 e. The lowest BCUT2D eigenvalue weighted by Gasteiger charge is -2.38. The van der Waals surface area contributed by atoms with Gasteiger partial charge in [0.05, 0.1) is 67.6 Å². The van der Waals surface area contributed by atoms with Crippen LogP contribution < -0.4 is 29.1 Å². The van der Waals surface area contributed by atoms with Crippen LogP contribution in [0.25, 0.3) is 0 Å². The highest BCUT2D eigenvalue weighted by Gasteiger charge is 2.34. The molecule has 47 heavy (non-hydrogen) atoms. The van der Waals surface area contributed by atoms with Crippen molar-refractivity contribution >= 4 is 5.97 Å². The summed E-state index contributed by atoms with van der Waals surface area (Å²) in [6.45, 7) is 0.769. The third kappa shape index (κ3) is 6.71. The molecule has 0 aliphatic carbocycles. The number of ether oxygens (including phenoxy) is 6. The van der Waals surface area contributed by atoms with E-state index in [1.807, 2.05) is 54.6 Å². The van der Waals surface area contributed by atoms with E-state index in [2.05, 4.69) is 4.90 Å². The van der Waals surface area contributed by atoms with Crippen LogP contribution in [0.2, 0.25) is 0 Å². The number of fused-ring (bicyclic) bond motifs is 1. The summed E-state index contributed by atoms with van der Waals surface area (Å²) in [5, 5.41) is 10.9. The molecule has 2 heterocycles. The van der Waals surface area contributed by atoms with Gasteiger partial charge >= 0.3 is 5.97 Å². The summed E-state index contributed by atoms with van der Waals surface area (Å²) < 4.78 is 39.5. The Morgan fingerprint density at radius 3 is 2.11 bits per heavy atom. The first-order valence-corrected chi connectivity index (χ1v) is 15.0. The third-order valence-corrected chi connectivity index (χ3v) is 8.45. The van der Waals surface area contributed by atoms with Crippen molar-refractivity contribution in [2.75, 3.05) is 49.2 Å². The van der Waals surface area contributed by atoms with Crippen molar-refractivity contribution < 1.29 is 42.7 Å². The maximum atomic E-state index is 13.2. The van der Waals surface area contributed by atoms with Gasteiger partial charge in [-0.2, -0.15) is 0 Å². The fourth-order valence-electron chi connectivity index (χ4n) is 6.18. The van der Waals surface area contributed by atoms with Crippen LogP contribution in [0.15, 0.2) is 69.9 Å². The number of hydrogen-bond donors (Lipinski definition) is 1. The summed E-state index contributed by atoms with van der Waals surface area (Å²) in [7, 11) is 9.15. The molecule has 3 aromatic carbocycles. The Labute approximate surface area is 273 Å². The number of rotatable bonds is 12. The zero-order valence-corrected chi connectivity index (χ0v) is 27.3. The van der Waals surface area contributed by atoms with Crippen LogP contribution in [0.1, 0.15) is 52.2 Å². The van der Waals surface area contributed by atoms with Gasteiger partial charge in [0.2, 0.25) is 16.9 Å². The average molecular weight is 646 g/mol. The van der Waals surface area contributed by atoms with Gasteiger partial charge in [-0.05, 0) is 52.9 Å². The number of benzene rings is 3. The number of carbonyl (C=O) groups excluding carboxylic acids is 1. The Morgan fingerprint density at radius 2 is 1.51 bits per heavy atom. The molecule has 1 aliphatic rings.